The van der Waals surface area contributed by atoms with Crippen molar-refractivity contribution in [2.45, 2.75) is 19.4 Å². The van der Waals surface area contributed by atoms with Crippen LogP contribution in [0.2, 0.25) is 0 Å². The Morgan fingerprint density at radius 2 is 2.19 bits per heavy atom. The molecular formula is C19H20BrN5O2. The maximum atomic E-state index is 12.6. The number of carbonyl (C=O) groups excluding carboxylic acids is 1. The molecule has 0 saturated carbocycles. The molecule has 1 atom stereocenters. The second kappa shape index (κ2) is 7.19. The summed E-state index contributed by atoms with van der Waals surface area (Å²) in [4.78, 5) is 26.5. The van der Waals surface area contributed by atoms with Gasteiger partial charge in [0.25, 0.3) is 0 Å². The Morgan fingerprint density at radius 1 is 1.41 bits per heavy atom. The van der Waals surface area contributed by atoms with Crippen molar-refractivity contribution in [3.63, 3.8) is 0 Å². The van der Waals surface area contributed by atoms with Gasteiger partial charge in [-0.25, -0.2) is 14.8 Å². The highest BCUT2D eigenvalue weighted by molar-refractivity contribution is 9.10. The molecule has 0 radical (unpaired) electrons. The summed E-state index contributed by atoms with van der Waals surface area (Å²) < 4.78 is 6.33. The van der Waals surface area contributed by atoms with Gasteiger partial charge in [0.2, 0.25) is 5.95 Å². The largest absolute Gasteiger partial charge is 0.450 e. The zero-order chi connectivity index (χ0) is 19.0. The van der Waals surface area contributed by atoms with Gasteiger partial charge >= 0.3 is 6.09 Å². The molecule has 0 bridgehead atoms. The first-order chi connectivity index (χ1) is 13.1. The summed E-state index contributed by atoms with van der Waals surface area (Å²) in [5, 5.41) is 4.09. The standard InChI is InChI=1S/C19H20BrN5O2/c1-3-27-19(26)25-7-6-13-14-8-12(20)4-5-15(14)24-16(13)17(25)11-9-22-18(21-2)23-10-11/h4-5,8-10,17,24H,3,6-7H2,1-2H3,(H,21,22,23). The zero-order valence-electron chi connectivity index (χ0n) is 15.1. The predicted molar refractivity (Wildman–Crippen MR) is 107 cm³/mol. The van der Waals surface area contributed by atoms with Crippen LogP contribution in [0.25, 0.3) is 10.9 Å². The van der Waals surface area contributed by atoms with Gasteiger partial charge in [0.1, 0.15) is 6.04 Å². The third-order valence-electron chi connectivity index (χ3n) is 4.80. The summed E-state index contributed by atoms with van der Waals surface area (Å²) in [7, 11) is 1.77. The molecule has 3 heterocycles. The zero-order valence-corrected chi connectivity index (χ0v) is 16.7. The van der Waals surface area contributed by atoms with Crippen LogP contribution >= 0.6 is 15.9 Å². The number of ether oxygens (including phenoxy) is 1. The summed E-state index contributed by atoms with van der Waals surface area (Å²) in [5.74, 6) is 0.540. The van der Waals surface area contributed by atoms with Crippen LogP contribution in [0.15, 0.2) is 35.1 Å². The van der Waals surface area contributed by atoms with E-state index in [1.807, 2.05) is 19.1 Å². The van der Waals surface area contributed by atoms with Crippen LogP contribution in [0.5, 0.6) is 0 Å². The molecule has 1 amide bonds. The summed E-state index contributed by atoms with van der Waals surface area (Å²) in [6, 6.07) is 5.85. The highest BCUT2D eigenvalue weighted by atomic mass is 79.9. The number of rotatable bonds is 3. The lowest BCUT2D eigenvalue weighted by Crippen LogP contribution is -2.41. The van der Waals surface area contributed by atoms with E-state index >= 15 is 0 Å². The van der Waals surface area contributed by atoms with E-state index in [-0.39, 0.29) is 12.1 Å². The molecule has 1 aliphatic rings. The molecule has 3 aromatic rings. The maximum absolute atomic E-state index is 12.6. The van der Waals surface area contributed by atoms with Crippen molar-refractivity contribution in [2.75, 3.05) is 25.5 Å². The van der Waals surface area contributed by atoms with Gasteiger partial charge in [-0.15, -0.1) is 0 Å². The third kappa shape index (κ3) is 3.14. The van der Waals surface area contributed by atoms with E-state index in [4.69, 9.17) is 4.74 Å². The smallest absolute Gasteiger partial charge is 0.410 e. The number of aromatic amines is 1. The lowest BCUT2D eigenvalue weighted by atomic mass is 9.94. The highest BCUT2D eigenvalue weighted by Crippen LogP contribution is 2.39. The molecule has 0 aliphatic carbocycles. The minimum atomic E-state index is -0.328. The SMILES string of the molecule is CCOC(=O)N1CCc2c([nH]c3ccc(Br)cc23)C1c1cnc(NC)nc1. The van der Waals surface area contributed by atoms with Crippen LogP contribution in [0.4, 0.5) is 10.7 Å². The fraction of sp³-hybridized carbons (Fsp3) is 0.316. The Kier molecular flexibility index (Phi) is 4.73. The summed E-state index contributed by atoms with van der Waals surface area (Å²) in [6.45, 7) is 2.72. The molecule has 4 rings (SSSR count). The molecule has 140 valence electrons. The molecule has 7 nitrogen and oxygen atoms in total. The number of fused-ring (bicyclic) bond motifs is 3. The van der Waals surface area contributed by atoms with Crippen LogP contribution in [-0.2, 0) is 11.2 Å². The minimum absolute atomic E-state index is 0.315. The number of hydrogen-bond acceptors (Lipinski definition) is 5. The molecule has 1 unspecified atom stereocenters. The van der Waals surface area contributed by atoms with Crippen molar-refractivity contribution in [1.82, 2.24) is 19.9 Å². The number of anilines is 1. The lowest BCUT2D eigenvalue weighted by Gasteiger charge is -2.35. The number of halogens is 1. The van der Waals surface area contributed by atoms with Crippen molar-refractivity contribution in [1.29, 1.82) is 0 Å². The molecule has 0 fully saturated rings. The molecule has 1 aromatic carbocycles. The molecule has 0 spiro atoms. The normalized spacial score (nSPS) is 16.3. The molecule has 27 heavy (non-hydrogen) atoms. The minimum Gasteiger partial charge on any atom is -0.450 e. The molecular weight excluding hydrogens is 410 g/mol. The van der Waals surface area contributed by atoms with E-state index in [2.05, 4.69) is 42.3 Å². The number of amides is 1. The van der Waals surface area contributed by atoms with Gasteiger partial charge in [-0.1, -0.05) is 15.9 Å². The molecule has 1 aliphatic heterocycles. The van der Waals surface area contributed by atoms with Gasteiger partial charge in [-0.05, 0) is 37.1 Å². The first kappa shape index (κ1) is 17.8. The van der Waals surface area contributed by atoms with E-state index < -0.39 is 0 Å². The maximum Gasteiger partial charge on any atom is 0.410 e. The van der Waals surface area contributed by atoms with Crippen molar-refractivity contribution in [3.05, 3.63) is 51.9 Å². The van der Waals surface area contributed by atoms with Crippen molar-refractivity contribution < 1.29 is 9.53 Å². The highest BCUT2D eigenvalue weighted by Gasteiger charge is 2.35. The number of nitrogens with one attached hydrogen (secondary N) is 2. The average molecular weight is 430 g/mol. The van der Waals surface area contributed by atoms with Crippen LogP contribution in [-0.4, -0.2) is 46.1 Å². The number of H-pyrrole nitrogens is 1. The number of carbonyl (C=O) groups is 1. The first-order valence-corrected chi connectivity index (χ1v) is 9.64. The van der Waals surface area contributed by atoms with E-state index in [1.165, 1.54) is 10.9 Å². The molecule has 2 N–H and O–H groups in total. The fourth-order valence-corrected chi connectivity index (χ4v) is 3.98. The van der Waals surface area contributed by atoms with Crippen molar-refractivity contribution >= 4 is 38.9 Å². The van der Waals surface area contributed by atoms with E-state index in [9.17, 15) is 4.79 Å². The van der Waals surface area contributed by atoms with E-state index in [1.54, 1.807) is 24.3 Å². The summed E-state index contributed by atoms with van der Waals surface area (Å²) >= 11 is 3.55. The monoisotopic (exact) mass is 429 g/mol. The second-order valence-corrected chi connectivity index (χ2v) is 7.26. The summed E-state index contributed by atoms with van der Waals surface area (Å²) in [6.07, 6.45) is 3.94. The van der Waals surface area contributed by atoms with Crippen LogP contribution in [0.3, 0.4) is 0 Å². The van der Waals surface area contributed by atoms with E-state index in [0.29, 0.717) is 19.1 Å². The van der Waals surface area contributed by atoms with Gasteiger partial charge in [-0.3, -0.25) is 4.90 Å². The van der Waals surface area contributed by atoms with Gasteiger partial charge in [0.15, 0.2) is 0 Å². The van der Waals surface area contributed by atoms with Crippen LogP contribution in [0.1, 0.15) is 29.8 Å². The number of aromatic nitrogens is 3. The van der Waals surface area contributed by atoms with Gasteiger partial charge < -0.3 is 15.0 Å². The Bertz CT molecular complexity index is 986. The quantitative estimate of drug-likeness (QED) is 0.660. The molecule has 0 saturated heterocycles. The van der Waals surface area contributed by atoms with Gasteiger partial charge in [0.05, 0.1) is 6.61 Å². The average Bonchev–Trinajstić information content (AvgIpc) is 3.05. The lowest BCUT2D eigenvalue weighted by molar-refractivity contribution is 0.0931. The second-order valence-electron chi connectivity index (χ2n) is 6.34. The van der Waals surface area contributed by atoms with Crippen LogP contribution < -0.4 is 5.32 Å². The van der Waals surface area contributed by atoms with Crippen molar-refractivity contribution in [3.8, 4) is 0 Å². The molecule has 8 heteroatoms. The van der Waals surface area contributed by atoms with Gasteiger partial charge in [0, 0.05) is 52.6 Å². The topological polar surface area (TPSA) is 83.1 Å². The Labute approximate surface area is 165 Å². The van der Waals surface area contributed by atoms with E-state index in [0.717, 1.165) is 27.7 Å². The first-order valence-electron chi connectivity index (χ1n) is 8.85. The summed E-state index contributed by atoms with van der Waals surface area (Å²) in [5.41, 5.74) is 4.10. The Morgan fingerprint density at radius 3 is 2.89 bits per heavy atom. The number of hydrogen-bond donors (Lipinski definition) is 2. The van der Waals surface area contributed by atoms with Crippen LogP contribution in [0, 0.1) is 0 Å². The Balaban J connectivity index is 1.86. The number of benzene rings is 1. The van der Waals surface area contributed by atoms with Crippen molar-refractivity contribution in [2.24, 2.45) is 0 Å². The Hall–Kier alpha value is -2.61. The molecule has 2 aromatic heterocycles. The number of nitrogens with zero attached hydrogens (tertiary/aromatic N) is 3. The fourth-order valence-electron chi connectivity index (χ4n) is 3.62. The third-order valence-corrected chi connectivity index (χ3v) is 5.30. The predicted octanol–water partition coefficient (Wildman–Crippen LogP) is 3.87. The van der Waals surface area contributed by atoms with Gasteiger partial charge in [-0.2, -0.15) is 0 Å².